The van der Waals surface area contributed by atoms with Gasteiger partial charge < -0.3 is 10.4 Å². The minimum absolute atomic E-state index is 0.365. The number of nitrogens with zero attached hydrogens (tertiary/aromatic N) is 2. The van der Waals surface area contributed by atoms with Crippen LogP contribution in [-0.4, -0.2) is 27.0 Å². The summed E-state index contributed by atoms with van der Waals surface area (Å²) in [6.45, 7) is 11.4. The fourth-order valence-corrected chi connectivity index (χ4v) is 3.31. The van der Waals surface area contributed by atoms with E-state index in [1.165, 1.54) is 5.56 Å². The number of aliphatic hydroxyl groups is 1. The molecule has 4 heteroatoms. The second kappa shape index (κ2) is 6.49. The van der Waals surface area contributed by atoms with Gasteiger partial charge in [0.15, 0.2) is 0 Å². The fourth-order valence-electron chi connectivity index (χ4n) is 3.31. The topological polar surface area (TPSA) is 50.1 Å². The molecule has 21 heavy (non-hydrogen) atoms. The summed E-state index contributed by atoms with van der Waals surface area (Å²) in [6.07, 6.45) is 8.06. The van der Waals surface area contributed by atoms with Crippen LogP contribution >= 0.6 is 0 Å². The van der Waals surface area contributed by atoms with Crippen molar-refractivity contribution >= 4 is 0 Å². The highest BCUT2D eigenvalue weighted by Crippen LogP contribution is 2.41. The van der Waals surface area contributed by atoms with Gasteiger partial charge in [-0.05, 0) is 43.9 Å². The Morgan fingerprint density at radius 1 is 1.38 bits per heavy atom. The molecule has 0 spiro atoms. The van der Waals surface area contributed by atoms with Gasteiger partial charge in [-0.15, -0.1) is 0 Å². The van der Waals surface area contributed by atoms with Gasteiger partial charge in [0.25, 0.3) is 0 Å². The van der Waals surface area contributed by atoms with Crippen molar-refractivity contribution in [2.45, 2.75) is 72.1 Å². The molecule has 1 aliphatic rings. The number of aromatic nitrogens is 2. The third-order valence-corrected chi connectivity index (χ3v) is 4.93. The predicted octanol–water partition coefficient (Wildman–Crippen LogP) is 2.96. The van der Waals surface area contributed by atoms with Gasteiger partial charge in [-0.1, -0.05) is 20.8 Å². The predicted molar refractivity (Wildman–Crippen MR) is 86.0 cm³/mol. The van der Waals surface area contributed by atoms with Gasteiger partial charge >= 0.3 is 0 Å². The molecule has 0 saturated heterocycles. The van der Waals surface area contributed by atoms with Crippen LogP contribution in [0.2, 0.25) is 0 Å². The van der Waals surface area contributed by atoms with Crippen molar-refractivity contribution in [3.05, 3.63) is 18.0 Å². The van der Waals surface area contributed by atoms with Gasteiger partial charge in [0.1, 0.15) is 0 Å². The molecule has 1 fully saturated rings. The summed E-state index contributed by atoms with van der Waals surface area (Å²) in [4.78, 5) is 0. The van der Waals surface area contributed by atoms with Crippen molar-refractivity contribution < 1.29 is 5.11 Å². The Hall–Kier alpha value is -0.870. The Kier molecular flexibility index (Phi) is 5.10. The third kappa shape index (κ3) is 4.55. The number of aryl methyl sites for hydroxylation is 1. The van der Waals surface area contributed by atoms with Crippen molar-refractivity contribution in [3.63, 3.8) is 0 Å². The first kappa shape index (κ1) is 16.5. The average Bonchev–Trinajstić information content (AvgIpc) is 2.86. The minimum Gasteiger partial charge on any atom is -0.389 e. The molecule has 0 radical (unpaired) electrons. The van der Waals surface area contributed by atoms with Crippen LogP contribution in [0.5, 0.6) is 0 Å². The Morgan fingerprint density at radius 3 is 2.57 bits per heavy atom. The molecule has 2 N–H and O–H groups in total. The molecule has 1 aromatic rings. The van der Waals surface area contributed by atoms with E-state index in [0.717, 1.165) is 44.7 Å². The molecule has 1 aliphatic carbocycles. The lowest BCUT2D eigenvalue weighted by atomic mass is 9.68. The highest BCUT2D eigenvalue weighted by atomic mass is 16.3. The lowest BCUT2D eigenvalue weighted by molar-refractivity contribution is -0.0239. The summed E-state index contributed by atoms with van der Waals surface area (Å²) in [5.74, 6) is 0.737. The molecule has 120 valence electrons. The van der Waals surface area contributed by atoms with Crippen LogP contribution in [0.4, 0.5) is 0 Å². The van der Waals surface area contributed by atoms with E-state index in [1.54, 1.807) is 0 Å². The summed E-state index contributed by atoms with van der Waals surface area (Å²) in [7, 11) is 0. The summed E-state index contributed by atoms with van der Waals surface area (Å²) in [6, 6.07) is 0. The van der Waals surface area contributed by atoms with Gasteiger partial charge in [0, 0.05) is 31.4 Å². The largest absolute Gasteiger partial charge is 0.389 e. The lowest BCUT2D eigenvalue weighted by Gasteiger charge is -2.41. The van der Waals surface area contributed by atoms with Crippen LogP contribution in [0.15, 0.2) is 12.4 Å². The fraction of sp³-hybridized carbons (Fsp3) is 0.824. The summed E-state index contributed by atoms with van der Waals surface area (Å²) < 4.78 is 1.93. The highest BCUT2D eigenvalue weighted by Gasteiger charge is 2.36. The number of rotatable bonds is 5. The summed E-state index contributed by atoms with van der Waals surface area (Å²) in [5, 5.41) is 18.4. The molecule has 2 rings (SSSR count). The SMILES string of the molecule is CCn1cc(CNCC2(O)CCC(C(C)(C)C)CC2)cn1. The van der Waals surface area contributed by atoms with E-state index in [2.05, 4.69) is 44.3 Å². The standard InChI is InChI=1S/C17H31N3O/c1-5-20-12-14(11-19-20)10-18-13-17(21)8-6-15(7-9-17)16(2,3)4/h11-12,15,18,21H,5-10,13H2,1-4H3. The molecule has 0 unspecified atom stereocenters. The third-order valence-electron chi connectivity index (χ3n) is 4.93. The first-order valence-corrected chi connectivity index (χ1v) is 8.27. The zero-order valence-corrected chi connectivity index (χ0v) is 14.0. The summed E-state index contributed by atoms with van der Waals surface area (Å²) in [5.41, 5.74) is 1.02. The zero-order chi connectivity index (χ0) is 15.5. The zero-order valence-electron chi connectivity index (χ0n) is 14.0. The maximum atomic E-state index is 10.7. The molecule has 1 aromatic heterocycles. The second-order valence-corrected chi connectivity index (χ2v) is 7.67. The molecule has 0 bridgehead atoms. The Balaban J connectivity index is 1.76. The van der Waals surface area contributed by atoms with E-state index in [1.807, 2.05) is 10.9 Å². The molecule has 1 saturated carbocycles. The van der Waals surface area contributed by atoms with Gasteiger partial charge in [-0.25, -0.2) is 0 Å². The van der Waals surface area contributed by atoms with Crippen molar-refractivity contribution in [2.75, 3.05) is 6.54 Å². The molecule has 4 nitrogen and oxygen atoms in total. The smallest absolute Gasteiger partial charge is 0.0771 e. The molecule has 0 amide bonds. The maximum Gasteiger partial charge on any atom is 0.0771 e. The van der Waals surface area contributed by atoms with Crippen molar-refractivity contribution in [1.82, 2.24) is 15.1 Å². The molecule has 0 atom stereocenters. The maximum absolute atomic E-state index is 10.7. The molecule has 0 aromatic carbocycles. The van der Waals surface area contributed by atoms with Crippen LogP contribution in [0, 0.1) is 11.3 Å². The Morgan fingerprint density at radius 2 is 2.05 bits per heavy atom. The van der Waals surface area contributed by atoms with Crippen LogP contribution < -0.4 is 5.32 Å². The molecule has 0 aliphatic heterocycles. The normalized spacial score (nSPS) is 27.0. The minimum atomic E-state index is -0.525. The first-order valence-electron chi connectivity index (χ1n) is 8.27. The number of nitrogens with one attached hydrogen (secondary N) is 1. The quantitative estimate of drug-likeness (QED) is 0.877. The molecule has 1 heterocycles. The summed E-state index contributed by atoms with van der Waals surface area (Å²) >= 11 is 0. The van der Waals surface area contributed by atoms with E-state index in [-0.39, 0.29) is 0 Å². The van der Waals surface area contributed by atoms with E-state index < -0.39 is 5.60 Å². The highest BCUT2D eigenvalue weighted by molar-refractivity contribution is 5.03. The number of hydrogen-bond acceptors (Lipinski definition) is 3. The van der Waals surface area contributed by atoms with Crippen molar-refractivity contribution in [2.24, 2.45) is 11.3 Å². The lowest BCUT2D eigenvalue weighted by Crippen LogP contribution is -2.44. The van der Waals surface area contributed by atoms with Gasteiger partial charge in [-0.3, -0.25) is 4.68 Å². The molecular weight excluding hydrogens is 262 g/mol. The van der Waals surface area contributed by atoms with Crippen molar-refractivity contribution in [3.8, 4) is 0 Å². The van der Waals surface area contributed by atoms with E-state index in [0.29, 0.717) is 12.0 Å². The number of hydrogen-bond donors (Lipinski definition) is 2. The Labute approximate surface area is 128 Å². The monoisotopic (exact) mass is 293 g/mol. The second-order valence-electron chi connectivity index (χ2n) is 7.67. The van der Waals surface area contributed by atoms with Crippen LogP contribution in [-0.2, 0) is 13.1 Å². The molecular formula is C17H31N3O. The first-order chi connectivity index (χ1) is 9.82. The van der Waals surface area contributed by atoms with Crippen LogP contribution in [0.3, 0.4) is 0 Å². The van der Waals surface area contributed by atoms with Crippen LogP contribution in [0.25, 0.3) is 0 Å². The Bertz CT molecular complexity index is 439. The van der Waals surface area contributed by atoms with Gasteiger partial charge in [0.05, 0.1) is 11.8 Å². The van der Waals surface area contributed by atoms with E-state index in [9.17, 15) is 5.11 Å². The van der Waals surface area contributed by atoms with E-state index >= 15 is 0 Å². The van der Waals surface area contributed by atoms with Crippen molar-refractivity contribution in [1.29, 1.82) is 0 Å². The van der Waals surface area contributed by atoms with Crippen LogP contribution in [0.1, 0.15) is 58.9 Å². The average molecular weight is 293 g/mol. The van der Waals surface area contributed by atoms with Gasteiger partial charge in [0.2, 0.25) is 0 Å². The van der Waals surface area contributed by atoms with E-state index in [4.69, 9.17) is 0 Å². The van der Waals surface area contributed by atoms with Gasteiger partial charge in [-0.2, -0.15) is 5.10 Å².